The van der Waals surface area contributed by atoms with Crippen LogP contribution in [0, 0.1) is 0 Å². The summed E-state index contributed by atoms with van der Waals surface area (Å²) in [6.07, 6.45) is 0. The van der Waals surface area contributed by atoms with E-state index >= 15 is 0 Å². The maximum Gasteiger partial charge on any atom is 0.233 e. The Morgan fingerprint density at radius 3 is 1.40 bits per heavy atom. The first-order chi connectivity index (χ1) is 14.7. The van der Waals surface area contributed by atoms with Gasteiger partial charge < -0.3 is 8.83 Å². The molecule has 2 aromatic heterocycles. The Balaban J connectivity index is 1.63. The average molecular weight is 388 g/mol. The Kier molecular flexibility index (Phi) is 2.75. The highest BCUT2D eigenvalue weighted by Crippen LogP contribution is 2.43. The average Bonchev–Trinajstić information content (AvgIpc) is 3.37. The number of rotatable bonds is 0. The molecule has 140 valence electrons. The van der Waals surface area contributed by atoms with Crippen molar-refractivity contribution in [3.63, 3.8) is 0 Å². The van der Waals surface area contributed by atoms with Gasteiger partial charge in [-0.25, -0.2) is 0 Å². The van der Waals surface area contributed by atoms with Gasteiger partial charge in [0.2, 0.25) is 11.6 Å². The van der Waals surface area contributed by atoms with Gasteiger partial charge >= 0.3 is 0 Å². The van der Waals surface area contributed by atoms with E-state index in [0.29, 0.717) is 33.1 Å². The summed E-state index contributed by atoms with van der Waals surface area (Å²) in [5, 5.41) is 5.05. The lowest BCUT2D eigenvalue weighted by atomic mass is 9.88. The zero-order valence-electron chi connectivity index (χ0n) is 15.6. The van der Waals surface area contributed by atoms with Crippen LogP contribution in [0.15, 0.2) is 81.6 Å². The Hall–Kier alpha value is -4.18. The molecule has 0 amide bonds. The van der Waals surface area contributed by atoms with Gasteiger partial charge in [-0.1, -0.05) is 60.7 Å². The van der Waals surface area contributed by atoms with Gasteiger partial charge in [0, 0.05) is 10.8 Å². The van der Waals surface area contributed by atoms with E-state index < -0.39 is 0 Å². The van der Waals surface area contributed by atoms with Crippen molar-refractivity contribution >= 4 is 55.0 Å². The van der Waals surface area contributed by atoms with Gasteiger partial charge in [-0.2, -0.15) is 0 Å². The van der Waals surface area contributed by atoms with Crippen molar-refractivity contribution in [2.75, 3.05) is 0 Å². The predicted octanol–water partition coefficient (Wildman–Crippen LogP) is 6.26. The van der Waals surface area contributed by atoms with Gasteiger partial charge in [0.15, 0.2) is 11.5 Å². The van der Waals surface area contributed by atoms with Crippen LogP contribution in [0.25, 0.3) is 43.5 Å². The summed E-state index contributed by atoms with van der Waals surface area (Å²) in [5.41, 5.74) is 1.64. The molecule has 6 aromatic rings. The Morgan fingerprint density at radius 1 is 0.500 bits per heavy atom. The molecule has 1 aliphatic carbocycles. The fraction of sp³-hybridized carbons (Fsp3) is 0. The van der Waals surface area contributed by atoms with Gasteiger partial charge in [0.1, 0.15) is 11.2 Å². The second-order valence-corrected chi connectivity index (χ2v) is 7.59. The molecule has 0 aliphatic heterocycles. The first-order valence-corrected chi connectivity index (χ1v) is 9.70. The molecule has 0 saturated carbocycles. The minimum atomic E-state index is -0.310. The number of hydrogen-bond acceptors (Lipinski definition) is 4. The van der Waals surface area contributed by atoms with Gasteiger partial charge in [-0.3, -0.25) is 9.59 Å². The monoisotopic (exact) mass is 388 g/mol. The van der Waals surface area contributed by atoms with E-state index in [1.807, 2.05) is 72.8 Å². The van der Waals surface area contributed by atoms with Gasteiger partial charge in [-0.15, -0.1) is 0 Å². The molecule has 2 heterocycles. The van der Waals surface area contributed by atoms with Crippen LogP contribution in [0.1, 0.15) is 32.2 Å². The molecule has 0 N–H and O–H groups in total. The van der Waals surface area contributed by atoms with Crippen LogP contribution < -0.4 is 0 Å². The number of hydrogen-bond donors (Lipinski definition) is 0. The van der Waals surface area contributed by atoms with Crippen molar-refractivity contribution < 1.29 is 18.4 Å². The number of benzene rings is 4. The topological polar surface area (TPSA) is 60.4 Å². The van der Waals surface area contributed by atoms with Crippen molar-refractivity contribution in [2.24, 2.45) is 0 Å². The second kappa shape index (κ2) is 5.24. The molecule has 30 heavy (non-hydrogen) atoms. The Labute approximate surface area is 169 Å². The summed E-state index contributed by atoms with van der Waals surface area (Å²) in [6.45, 7) is 0. The normalized spacial score (nSPS) is 13.5. The minimum absolute atomic E-state index is 0.0921. The van der Waals surface area contributed by atoms with Crippen molar-refractivity contribution in [1.82, 2.24) is 0 Å². The van der Waals surface area contributed by atoms with Crippen molar-refractivity contribution in [2.45, 2.75) is 0 Å². The van der Waals surface area contributed by atoms with Crippen LogP contribution >= 0.6 is 0 Å². The largest absolute Gasteiger partial charge is 0.452 e. The number of carbonyl (C=O) groups excluding carboxylic acids is 2. The maximum absolute atomic E-state index is 13.6. The fourth-order valence-electron chi connectivity index (χ4n) is 4.72. The van der Waals surface area contributed by atoms with E-state index in [1.165, 1.54) is 0 Å². The van der Waals surface area contributed by atoms with Crippen LogP contribution in [0.5, 0.6) is 0 Å². The van der Waals surface area contributed by atoms with E-state index in [-0.39, 0.29) is 23.1 Å². The summed E-state index contributed by atoms with van der Waals surface area (Å²) < 4.78 is 11.9. The van der Waals surface area contributed by atoms with Crippen molar-refractivity contribution in [3.05, 3.63) is 95.4 Å². The number of furan rings is 2. The van der Waals surface area contributed by atoms with Gasteiger partial charge in [0.25, 0.3) is 0 Å². The highest BCUT2D eigenvalue weighted by atomic mass is 16.4. The first-order valence-electron chi connectivity index (χ1n) is 9.70. The summed E-state index contributed by atoms with van der Waals surface area (Å²) >= 11 is 0. The van der Waals surface area contributed by atoms with Crippen LogP contribution in [0.3, 0.4) is 0 Å². The number of ketones is 2. The molecule has 4 nitrogen and oxygen atoms in total. The molecular weight excluding hydrogens is 376 g/mol. The molecule has 0 fully saturated rings. The van der Waals surface area contributed by atoms with E-state index in [1.54, 1.807) is 0 Å². The minimum Gasteiger partial charge on any atom is -0.452 e. The maximum atomic E-state index is 13.6. The third-order valence-corrected chi connectivity index (χ3v) is 6.03. The summed E-state index contributed by atoms with van der Waals surface area (Å²) in [6, 6.07) is 23.0. The highest BCUT2D eigenvalue weighted by molar-refractivity contribution is 6.37. The van der Waals surface area contributed by atoms with Crippen LogP contribution in [0.2, 0.25) is 0 Å². The predicted molar refractivity (Wildman–Crippen MR) is 114 cm³/mol. The molecule has 7 rings (SSSR count). The molecule has 1 aliphatic rings. The molecule has 4 heteroatoms. The molecule has 0 bridgehead atoms. The highest BCUT2D eigenvalue weighted by Gasteiger charge is 2.40. The third kappa shape index (κ3) is 1.77. The lowest BCUT2D eigenvalue weighted by Crippen LogP contribution is -2.17. The van der Waals surface area contributed by atoms with Crippen molar-refractivity contribution in [3.8, 4) is 0 Å². The lowest BCUT2D eigenvalue weighted by Gasteiger charge is -2.09. The zero-order chi connectivity index (χ0) is 20.0. The number of fused-ring (bicyclic) bond motifs is 10. The van der Waals surface area contributed by atoms with Crippen LogP contribution in [-0.2, 0) is 0 Å². The lowest BCUT2D eigenvalue weighted by molar-refractivity contribution is 0.0947. The molecular formula is C26H12O4. The van der Waals surface area contributed by atoms with E-state index in [0.717, 1.165) is 21.5 Å². The fourth-order valence-corrected chi connectivity index (χ4v) is 4.72. The van der Waals surface area contributed by atoms with E-state index in [9.17, 15) is 9.59 Å². The first kappa shape index (κ1) is 15.7. The smallest absolute Gasteiger partial charge is 0.233 e. The summed E-state index contributed by atoms with van der Waals surface area (Å²) in [7, 11) is 0. The molecule has 0 radical (unpaired) electrons. The van der Waals surface area contributed by atoms with Crippen LogP contribution in [-0.4, -0.2) is 11.6 Å². The Bertz CT molecular complexity index is 1600. The third-order valence-electron chi connectivity index (χ3n) is 6.03. The summed E-state index contributed by atoms with van der Waals surface area (Å²) in [5.74, 6) is -0.436. The van der Waals surface area contributed by atoms with E-state index in [2.05, 4.69) is 0 Å². The van der Waals surface area contributed by atoms with Gasteiger partial charge in [0.05, 0.1) is 11.1 Å². The Morgan fingerprint density at radius 2 is 0.933 bits per heavy atom. The molecule has 0 spiro atoms. The molecule has 0 atom stereocenters. The molecule has 0 unspecified atom stereocenters. The van der Waals surface area contributed by atoms with Gasteiger partial charge in [-0.05, 0) is 33.7 Å². The van der Waals surface area contributed by atoms with Crippen LogP contribution in [0.4, 0.5) is 0 Å². The van der Waals surface area contributed by atoms with E-state index in [4.69, 9.17) is 8.83 Å². The number of carbonyl (C=O) groups is 2. The summed E-state index contributed by atoms with van der Waals surface area (Å²) in [4.78, 5) is 27.1. The molecule has 4 aromatic carbocycles. The molecule has 0 saturated heterocycles. The quantitative estimate of drug-likeness (QED) is 0.308. The standard InChI is InChI=1S/C26H12O4/c27-23-21-19-15-7-3-1-5-13(15)9-11-17(19)29-25(21)24(28)22-20-16-8-4-2-6-14(16)10-12-18(20)30-26(22)23/h1-12H. The zero-order valence-corrected chi connectivity index (χ0v) is 15.6. The van der Waals surface area contributed by atoms with Crippen molar-refractivity contribution in [1.29, 1.82) is 0 Å². The second-order valence-electron chi connectivity index (χ2n) is 7.59. The SMILES string of the molecule is O=C1c2oc3ccc4ccccc4c3c2C(=O)c2oc3ccc4ccccc4c3c21.